The van der Waals surface area contributed by atoms with Crippen molar-refractivity contribution in [2.75, 3.05) is 0 Å². The summed E-state index contributed by atoms with van der Waals surface area (Å²) in [5, 5.41) is 9.07. The molecule has 0 fully saturated rings. The molecule has 2 aromatic rings. The first-order valence-corrected chi connectivity index (χ1v) is 7.00. The van der Waals surface area contributed by atoms with E-state index in [9.17, 15) is 21.6 Å². The summed E-state index contributed by atoms with van der Waals surface area (Å²) in [6, 6.07) is 7.83. The molecule has 0 saturated carbocycles. The van der Waals surface area contributed by atoms with Gasteiger partial charge in [-0.25, -0.2) is 0 Å². The van der Waals surface area contributed by atoms with Crippen LogP contribution in [0.15, 0.2) is 53.4 Å². The molecule has 0 spiro atoms. The molecule has 0 unspecified atom stereocenters. The molecule has 0 radical (unpaired) electrons. The van der Waals surface area contributed by atoms with E-state index in [0.29, 0.717) is 12.1 Å². The lowest BCUT2D eigenvalue weighted by Gasteiger charge is -2.09. The minimum absolute atomic E-state index is 0.0623. The van der Waals surface area contributed by atoms with Crippen molar-refractivity contribution >= 4 is 10.1 Å². The van der Waals surface area contributed by atoms with E-state index < -0.39 is 26.8 Å². The van der Waals surface area contributed by atoms with Gasteiger partial charge in [0.25, 0.3) is 0 Å². The lowest BCUT2D eigenvalue weighted by molar-refractivity contribution is -0.137. The lowest BCUT2D eigenvalue weighted by Crippen LogP contribution is -2.11. The maximum absolute atomic E-state index is 12.4. The van der Waals surface area contributed by atoms with Gasteiger partial charge in [0, 0.05) is 0 Å². The first-order valence-electron chi connectivity index (χ1n) is 5.59. The van der Waals surface area contributed by atoms with Gasteiger partial charge in [-0.15, -0.1) is 0 Å². The van der Waals surface area contributed by atoms with Crippen molar-refractivity contribution < 1.29 is 30.9 Å². The predicted octanol–water partition coefficient (Wildman–Crippen LogP) is 3.18. The van der Waals surface area contributed by atoms with Crippen molar-refractivity contribution in [1.82, 2.24) is 0 Å². The highest BCUT2D eigenvalue weighted by atomic mass is 32.2. The third-order valence-electron chi connectivity index (χ3n) is 2.51. The molecule has 0 bridgehead atoms. The van der Waals surface area contributed by atoms with Gasteiger partial charge >= 0.3 is 16.3 Å². The van der Waals surface area contributed by atoms with Crippen LogP contribution in [-0.2, 0) is 16.3 Å². The van der Waals surface area contributed by atoms with Crippen LogP contribution < -0.4 is 4.18 Å². The Balaban J connectivity index is 2.25. The summed E-state index contributed by atoms with van der Waals surface area (Å²) >= 11 is 0. The third-order valence-corrected chi connectivity index (χ3v) is 3.77. The van der Waals surface area contributed by atoms with Crippen LogP contribution in [0.25, 0.3) is 0 Å². The Kier molecular flexibility index (Phi) is 3.82. The molecule has 0 aliphatic rings. The van der Waals surface area contributed by atoms with Crippen LogP contribution >= 0.6 is 0 Å². The van der Waals surface area contributed by atoms with E-state index >= 15 is 0 Å². The zero-order valence-electron chi connectivity index (χ0n) is 10.3. The van der Waals surface area contributed by atoms with Gasteiger partial charge in [-0.3, -0.25) is 0 Å². The summed E-state index contributed by atoms with van der Waals surface area (Å²) in [5.74, 6) is -0.137. The Hall–Kier alpha value is -2.22. The molecular weight excluding hydrogens is 309 g/mol. The predicted molar refractivity (Wildman–Crippen MR) is 67.4 cm³/mol. The molecule has 8 heteroatoms. The fourth-order valence-corrected chi connectivity index (χ4v) is 2.42. The van der Waals surface area contributed by atoms with Crippen LogP contribution in [0.1, 0.15) is 5.56 Å². The molecule has 2 aromatic carbocycles. The summed E-state index contributed by atoms with van der Waals surface area (Å²) in [6.45, 7) is 0. The van der Waals surface area contributed by atoms with Crippen LogP contribution in [-0.4, -0.2) is 13.5 Å². The number of phenols is 1. The van der Waals surface area contributed by atoms with Gasteiger partial charge in [0.2, 0.25) is 0 Å². The van der Waals surface area contributed by atoms with Crippen molar-refractivity contribution in [3.8, 4) is 11.5 Å². The molecule has 1 N–H and O–H groups in total. The number of halogens is 3. The van der Waals surface area contributed by atoms with Crippen molar-refractivity contribution in [2.45, 2.75) is 11.1 Å². The monoisotopic (exact) mass is 318 g/mol. The largest absolute Gasteiger partial charge is 0.508 e. The Morgan fingerprint density at radius 1 is 0.905 bits per heavy atom. The summed E-state index contributed by atoms with van der Waals surface area (Å²) in [4.78, 5) is -0.399. The van der Waals surface area contributed by atoms with E-state index in [1.54, 1.807) is 0 Å². The smallest absolute Gasteiger partial charge is 0.416 e. The highest BCUT2D eigenvalue weighted by Crippen LogP contribution is 2.30. The van der Waals surface area contributed by atoms with Crippen LogP contribution in [0.3, 0.4) is 0 Å². The van der Waals surface area contributed by atoms with E-state index in [2.05, 4.69) is 0 Å². The van der Waals surface area contributed by atoms with E-state index in [0.717, 1.165) is 12.1 Å². The number of rotatable bonds is 3. The molecule has 0 aliphatic carbocycles. The summed E-state index contributed by atoms with van der Waals surface area (Å²) < 4.78 is 65.7. The SMILES string of the molecule is O=S(=O)(Oc1ccc(O)cc1)c1ccc(C(F)(F)F)cc1. The van der Waals surface area contributed by atoms with E-state index in [1.807, 2.05) is 0 Å². The number of aromatic hydroxyl groups is 1. The minimum Gasteiger partial charge on any atom is -0.508 e. The van der Waals surface area contributed by atoms with Crippen LogP contribution in [0.4, 0.5) is 13.2 Å². The Morgan fingerprint density at radius 2 is 1.43 bits per heavy atom. The molecule has 0 atom stereocenters. The normalized spacial score (nSPS) is 12.1. The average molecular weight is 318 g/mol. The molecule has 21 heavy (non-hydrogen) atoms. The molecule has 0 aromatic heterocycles. The van der Waals surface area contributed by atoms with Crippen molar-refractivity contribution in [3.63, 3.8) is 0 Å². The average Bonchev–Trinajstić information content (AvgIpc) is 2.40. The summed E-state index contributed by atoms with van der Waals surface area (Å²) in [5.41, 5.74) is -0.953. The van der Waals surface area contributed by atoms with Gasteiger partial charge in [0.1, 0.15) is 16.4 Å². The zero-order valence-corrected chi connectivity index (χ0v) is 11.1. The first-order chi connectivity index (χ1) is 9.68. The zero-order chi connectivity index (χ0) is 15.7. The van der Waals surface area contributed by atoms with Crippen LogP contribution in [0.2, 0.25) is 0 Å². The number of benzene rings is 2. The van der Waals surface area contributed by atoms with Gasteiger partial charge in [0.05, 0.1) is 5.56 Å². The Bertz CT molecular complexity index is 720. The molecular formula is C13H9F3O4S. The molecule has 0 saturated heterocycles. The molecule has 0 amide bonds. The Labute approximate surface area is 118 Å². The maximum atomic E-state index is 12.4. The van der Waals surface area contributed by atoms with Crippen molar-refractivity contribution in [2.24, 2.45) is 0 Å². The standard InChI is InChI=1S/C13H9F3O4S/c14-13(15,16)9-1-7-12(8-2-9)21(18,19)20-11-5-3-10(17)4-6-11/h1-8,17H. The van der Waals surface area contributed by atoms with Crippen molar-refractivity contribution in [3.05, 3.63) is 54.1 Å². The van der Waals surface area contributed by atoms with E-state index in [1.165, 1.54) is 24.3 Å². The van der Waals surface area contributed by atoms with Gasteiger partial charge in [-0.2, -0.15) is 21.6 Å². The minimum atomic E-state index is -4.54. The topological polar surface area (TPSA) is 63.6 Å². The molecule has 112 valence electrons. The number of phenolic OH excluding ortho intramolecular Hbond substituents is 1. The quantitative estimate of drug-likeness (QED) is 0.883. The second-order valence-corrected chi connectivity index (χ2v) is 5.60. The highest BCUT2D eigenvalue weighted by Gasteiger charge is 2.30. The fourth-order valence-electron chi connectivity index (χ4n) is 1.49. The van der Waals surface area contributed by atoms with Gasteiger partial charge in [-0.05, 0) is 48.5 Å². The van der Waals surface area contributed by atoms with Gasteiger partial charge < -0.3 is 9.29 Å². The van der Waals surface area contributed by atoms with Gasteiger partial charge in [0.15, 0.2) is 0 Å². The molecule has 0 aliphatic heterocycles. The maximum Gasteiger partial charge on any atom is 0.416 e. The van der Waals surface area contributed by atoms with E-state index in [4.69, 9.17) is 9.29 Å². The molecule has 0 heterocycles. The fraction of sp³-hybridized carbons (Fsp3) is 0.0769. The van der Waals surface area contributed by atoms with Crippen molar-refractivity contribution in [1.29, 1.82) is 0 Å². The van der Waals surface area contributed by atoms with E-state index in [-0.39, 0.29) is 11.5 Å². The van der Waals surface area contributed by atoms with Gasteiger partial charge in [-0.1, -0.05) is 0 Å². The second kappa shape index (κ2) is 5.28. The second-order valence-electron chi connectivity index (χ2n) is 4.05. The highest BCUT2D eigenvalue weighted by molar-refractivity contribution is 7.87. The molecule has 2 rings (SSSR count). The number of alkyl halides is 3. The van der Waals surface area contributed by atoms with Crippen LogP contribution in [0, 0.1) is 0 Å². The summed E-state index contributed by atoms with van der Waals surface area (Å²) in [6.07, 6.45) is -4.54. The molecule has 4 nitrogen and oxygen atoms in total. The third kappa shape index (κ3) is 3.66. The number of hydrogen-bond donors (Lipinski definition) is 1. The first kappa shape index (κ1) is 15.2. The lowest BCUT2D eigenvalue weighted by atomic mass is 10.2. The summed E-state index contributed by atoms with van der Waals surface area (Å²) in [7, 11) is -4.24. The number of hydrogen-bond acceptors (Lipinski definition) is 4. The Morgan fingerprint density at radius 3 is 1.90 bits per heavy atom. The van der Waals surface area contributed by atoms with Crippen LogP contribution in [0.5, 0.6) is 11.5 Å².